The van der Waals surface area contributed by atoms with Crippen LogP contribution in [0.5, 0.6) is 0 Å². The highest BCUT2D eigenvalue weighted by Crippen LogP contribution is 2.42. The maximum atomic E-state index is 14.0. The van der Waals surface area contributed by atoms with Gasteiger partial charge in [0.15, 0.2) is 11.4 Å². The lowest BCUT2D eigenvalue weighted by molar-refractivity contribution is -0.165. The third kappa shape index (κ3) is 5.60. The molecule has 5 rings (SSSR count). The van der Waals surface area contributed by atoms with Crippen LogP contribution in [0.3, 0.4) is 0 Å². The van der Waals surface area contributed by atoms with Crippen LogP contribution in [0.2, 0.25) is 0 Å². The van der Waals surface area contributed by atoms with Gasteiger partial charge in [0.2, 0.25) is 5.91 Å². The van der Waals surface area contributed by atoms with Crippen molar-refractivity contribution in [2.24, 2.45) is 10.4 Å². The van der Waals surface area contributed by atoms with Crippen molar-refractivity contribution in [1.29, 1.82) is 0 Å². The highest BCUT2D eigenvalue weighted by Gasteiger charge is 2.46. The number of hydrogen-bond donors (Lipinski definition) is 0. The second-order valence-electron chi connectivity index (χ2n) is 13.0. The molecule has 1 unspecified atom stereocenters. The third-order valence-electron chi connectivity index (χ3n) is 7.42. The summed E-state index contributed by atoms with van der Waals surface area (Å²) in [7, 11) is 0. The van der Waals surface area contributed by atoms with Gasteiger partial charge < -0.3 is 14.0 Å². The number of fused-ring (bicyclic) bond motifs is 1. The lowest BCUT2D eigenvalue weighted by Gasteiger charge is -2.32. The van der Waals surface area contributed by atoms with Crippen LogP contribution in [-0.2, 0) is 37.6 Å². The van der Waals surface area contributed by atoms with Gasteiger partial charge in [-0.2, -0.15) is 0 Å². The van der Waals surface area contributed by atoms with E-state index in [0.717, 1.165) is 35.2 Å². The fourth-order valence-corrected chi connectivity index (χ4v) is 5.36. The molecule has 0 saturated heterocycles. The largest absolute Gasteiger partial charge is 0.447 e. The third-order valence-corrected chi connectivity index (χ3v) is 7.42. The first kappa shape index (κ1) is 29.2. The van der Waals surface area contributed by atoms with E-state index in [1.807, 2.05) is 12.1 Å². The zero-order valence-electron chi connectivity index (χ0n) is 25.0. The maximum Gasteiger partial charge on any atom is 0.417 e. The van der Waals surface area contributed by atoms with Gasteiger partial charge in [0.1, 0.15) is 5.60 Å². The monoisotopic (exact) mass is 571 g/mol. The summed E-state index contributed by atoms with van der Waals surface area (Å²) in [6.07, 6.45) is 3.74. The molecule has 3 aromatic rings. The molecule has 0 fully saturated rings. The molecular weight excluding hydrogens is 534 g/mol. The average Bonchev–Trinajstić information content (AvgIpc) is 3.46. The Balaban J connectivity index is 1.50. The normalized spacial score (nSPS) is 17.6. The zero-order valence-corrected chi connectivity index (χ0v) is 25.0. The van der Waals surface area contributed by atoms with Gasteiger partial charge in [-0.25, -0.2) is 9.69 Å². The van der Waals surface area contributed by atoms with Gasteiger partial charge in [0.25, 0.3) is 0 Å². The molecule has 2 aliphatic heterocycles. The Hall–Kier alpha value is -4.27. The summed E-state index contributed by atoms with van der Waals surface area (Å²) in [6, 6.07) is 12.9. The first-order valence-corrected chi connectivity index (χ1v) is 14.2. The van der Waals surface area contributed by atoms with Crippen LogP contribution in [0, 0.1) is 5.41 Å². The van der Waals surface area contributed by atoms with Crippen molar-refractivity contribution in [3.05, 3.63) is 65.4 Å². The minimum atomic E-state index is -1.55. The molecule has 3 heterocycles. The number of imide groups is 1. The topological polar surface area (TPSA) is 107 Å². The Morgan fingerprint density at radius 3 is 2.45 bits per heavy atom. The van der Waals surface area contributed by atoms with E-state index in [1.165, 1.54) is 11.8 Å². The summed E-state index contributed by atoms with van der Waals surface area (Å²) in [5, 5.41) is 0.793. The van der Waals surface area contributed by atoms with Crippen LogP contribution in [0.15, 0.2) is 53.7 Å². The Bertz CT molecular complexity index is 1620. The van der Waals surface area contributed by atoms with E-state index in [0.29, 0.717) is 16.8 Å². The van der Waals surface area contributed by atoms with E-state index in [1.54, 1.807) is 72.0 Å². The predicted octanol–water partition coefficient (Wildman–Crippen LogP) is 6.12. The quantitative estimate of drug-likeness (QED) is 0.260. The summed E-state index contributed by atoms with van der Waals surface area (Å²) in [5.41, 5.74) is 0.372. The van der Waals surface area contributed by atoms with Crippen molar-refractivity contribution in [2.45, 2.75) is 78.6 Å². The molecule has 0 aliphatic carbocycles. The van der Waals surface area contributed by atoms with Gasteiger partial charge in [0, 0.05) is 29.3 Å². The van der Waals surface area contributed by atoms with Crippen molar-refractivity contribution in [2.75, 3.05) is 6.54 Å². The highest BCUT2D eigenvalue weighted by atomic mass is 16.6. The number of rotatable bonds is 6. The van der Waals surface area contributed by atoms with E-state index in [4.69, 9.17) is 9.47 Å². The number of amides is 2. The molecule has 42 heavy (non-hydrogen) atoms. The average molecular weight is 572 g/mol. The molecule has 220 valence electrons. The molecule has 0 N–H and O–H groups in total. The number of esters is 1. The summed E-state index contributed by atoms with van der Waals surface area (Å²) >= 11 is 0. The number of aliphatic imine (C=N–C) groups is 1. The number of nitrogens with zero attached hydrogens (tertiary/aromatic N) is 3. The van der Waals surface area contributed by atoms with E-state index in [9.17, 15) is 19.2 Å². The van der Waals surface area contributed by atoms with Crippen molar-refractivity contribution in [3.8, 4) is 0 Å². The number of carbonyl (C=O) groups excluding carboxylic acids is 4. The first-order chi connectivity index (χ1) is 19.7. The molecule has 0 spiro atoms. The van der Waals surface area contributed by atoms with Gasteiger partial charge in [-0.1, -0.05) is 36.4 Å². The molecule has 0 radical (unpaired) electrons. The molecule has 0 bridgehead atoms. The maximum absolute atomic E-state index is 14.0. The molecule has 1 aromatic heterocycles. The number of carbonyl (C=O) groups is 4. The van der Waals surface area contributed by atoms with Crippen LogP contribution in [0.25, 0.3) is 10.9 Å². The fourth-order valence-electron chi connectivity index (χ4n) is 5.36. The van der Waals surface area contributed by atoms with Crippen LogP contribution in [-0.4, -0.2) is 51.6 Å². The molecule has 0 saturated carbocycles. The number of aryl methyl sites for hydroxylation is 2. The van der Waals surface area contributed by atoms with Gasteiger partial charge in [0.05, 0.1) is 35.8 Å². The van der Waals surface area contributed by atoms with Crippen LogP contribution >= 0.6 is 0 Å². The minimum absolute atomic E-state index is 0.391. The van der Waals surface area contributed by atoms with Crippen LogP contribution in [0.1, 0.15) is 75.9 Å². The van der Waals surface area contributed by atoms with E-state index >= 15 is 0 Å². The minimum Gasteiger partial charge on any atom is -0.447 e. The van der Waals surface area contributed by atoms with Crippen molar-refractivity contribution < 1.29 is 28.7 Å². The number of ketones is 1. The lowest BCUT2D eigenvalue weighted by atomic mass is 9.90. The second kappa shape index (κ2) is 10.5. The Morgan fingerprint density at radius 2 is 1.74 bits per heavy atom. The predicted molar refractivity (Wildman–Crippen MR) is 159 cm³/mol. The van der Waals surface area contributed by atoms with Crippen molar-refractivity contribution in [3.63, 3.8) is 0 Å². The number of hydrogen-bond acceptors (Lipinski definition) is 7. The second-order valence-corrected chi connectivity index (χ2v) is 13.0. The Kier molecular flexibility index (Phi) is 7.33. The summed E-state index contributed by atoms with van der Waals surface area (Å²) in [5.74, 6) is -1.65. The van der Waals surface area contributed by atoms with Crippen LogP contribution in [0.4, 0.5) is 10.5 Å². The molecule has 2 aliphatic rings. The lowest BCUT2D eigenvalue weighted by Crippen LogP contribution is -2.47. The fraction of sp³-hybridized carbons (Fsp3) is 0.424. The smallest absolute Gasteiger partial charge is 0.417 e. The Morgan fingerprint density at radius 1 is 1.00 bits per heavy atom. The number of ether oxygens (including phenoxy) is 2. The zero-order chi connectivity index (χ0) is 30.4. The van der Waals surface area contributed by atoms with Gasteiger partial charge in [-0.15, -0.1) is 0 Å². The van der Waals surface area contributed by atoms with E-state index in [2.05, 4.69) is 15.6 Å². The molecule has 2 amide bonds. The van der Waals surface area contributed by atoms with Crippen molar-refractivity contribution in [1.82, 2.24) is 9.47 Å². The molecule has 9 nitrogen and oxygen atoms in total. The van der Waals surface area contributed by atoms with E-state index < -0.39 is 53.3 Å². The molecular formula is C33H37N3O6. The van der Waals surface area contributed by atoms with Gasteiger partial charge >= 0.3 is 12.1 Å². The standard InChI is InChI=1S/C33H37N3O6/c1-31(2,3)29(39)41-33(20-34-25-15-8-7-14-24(25)33)17-27(38)36(30(40)42-32(4,5)6)19-26(37)23-18-35-16-10-12-21-11-9-13-22(23)28(21)35/h7-9,11,13-15,18,20H,10,12,16-17,19H2,1-6H3. The van der Waals surface area contributed by atoms with Gasteiger partial charge in [-0.3, -0.25) is 19.4 Å². The molecule has 1 atom stereocenters. The molecule has 9 heteroatoms. The number of para-hydroxylation sites is 2. The number of Topliss-reactive ketones (excluding diaryl/α,β-unsaturated/α-hetero) is 1. The highest BCUT2D eigenvalue weighted by molar-refractivity contribution is 6.12. The number of aromatic nitrogens is 1. The first-order valence-electron chi connectivity index (χ1n) is 14.2. The SMILES string of the molecule is CC(C)(C)OC(=O)N(CC(=O)c1cn2c3c(cccc13)CCC2)C(=O)CC1(OC(=O)C(C)(C)C)C=Nc2ccccc21. The van der Waals surface area contributed by atoms with Gasteiger partial charge in [-0.05, 0) is 66.0 Å². The summed E-state index contributed by atoms with van der Waals surface area (Å²) in [4.78, 5) is 59.6. The number of benzene rings is 2. The Labute approximate surface area is 245 Å². The van der Waals surface area contributed by atoms with Crippen LogP contribution < -0.4 is 0 Å². The van der Waals surface area contributed by atoms with Crippen molar-refractivity contribution >= 4 is 46.6 Å². The summed E-state index contributed by atoms with van der Waals surface area (Å²) < 4.78 is 13.6. The summed E-state index contributed by atoms with van der Waals surface area (Å²) in [6.45, 7) is 10.5. The molecule has 2 aromatic carbocycles. The van der Waals surface area contributed by atoms with E-state index in [-0.39, 0.29) is 0 Å².